The van der Waals surface area contributed by atoms with Crippen LogP contribution in [0.15, 0.2) is 18.2 Å². The van der Waals surface area contributed by atoms with E-state index in [2.05, 4.69) is 9.72 Å². The molecular formula is C17H22FN3O6S. The van der Waals surface area contributed by atoms with E-state index in [1.54, 1.807) is 0 Å². The molecule has 0 saturated heterocycles. The van der Waals surface area contributed by atoms with E-state index in [-0.39, 0.29) is 21.1 Å². The molecule has 0 unspecified atom stereocenters. The maximum absolute atomic E-state index is 15.1. The molecule has 154 valence electrons. The topological polar surface area (TPSA) is 132 Å². The maximum Gasteiger partial charge on any atom is 0.326 e. The fourth-order valence-electron chi connectivity index (χ4n) is 2.38. The Morgan fingerprint density at radius 1 is 1.39 bits per heavy atom. The number of aromatic hydroxyl groups is 1. The van der Waals surface area contributed by atoms with Crippen LogP contribution in [-0.4, -0.2) is 44.7 Å². The molecule has 1 aromatic carbocycles. The van der Waals surface area contributed by atoms with Crippen molar-refractivity contribution in [2.75, 3.05) is 24.6 Å². The smallest absolute Gasteiger partial charge is 0.326 e. The highest BCUT2D eigenvalue weighted by Crippen LogP contribution is 2.37. The van der Waals surface area contributed by atoms with Gasteiger partial charge in [-0.2, -0.15) is 8.42 Å². The number of hydrogen-bond acceptors (Lipinski definition) is 7. The number of anilines is 1. The Balaban J connectivity index is 2.54. The maximum atomic E-state index is 15.1. The van der Waals surface area contributed by atoms with Crippen LogP contribution in [0.5, 0.6) is 11.6 Å². The number of phenols is 1. The number of fused-ring (bicyclic) bond motifs is 1. The summed E-state index contributed by atoms with van der Waals surface area (Å²) >= 11 is 0. The third kappa shape index (κ3) is 4.98. The van der Waals surface area contributed by atoms with Gasteiger partial charge in [0.1, 0.15) is 23.5 Å². The quantitative estimate of drug-likeness (QED) is 0.627. The normalized spacial score (nSPS) is 11.6. The Labute approximate surface area is 162 Å². The number of aromatic nitrogens is 1. The summed E-state index contributed by atoms with van der Waals surface area (Å²) < 4.78 is 49.0. The predicted octanol–water partition coefficient (Wildman–Crippen LogP) is 1.69. The number of halogens is 1. The number of esters is 1. The molecule has 28 heavy (non-hydrogen) atoms. The molecule has 2 aromatic rings. The molecule has 0 radical (unpaired) electrons. The number of hydrogen-bond donors (Lipinski definition) is 2. The molecule has 3 N–H and O–H groups in total. The molecule has 0 aliphatic rings. The van der Waals surface area contributed by atoms with Gasteiger partial charge in [-0.25, -0.2) is 18.8 Å². The molecule has 9 nitrogen and oxygen atoms in total. The number of carbonyl (C=O) groups is 1. The van der Waals surface area contributed by atoms with Crippen molar-refractivity contribution >= 4 is 32.8 Å². The van der Waals surface area contributed by atoms with Crippen molar-refractivity contribution in [2.24, 2.45) is 11.1 Å². The first-order valence-corrected chi connectivity index (χ1v) is 9.87. The minimum Gasteiger partial charge on any atom is -0.506 e. The molecule has 0 bridgehead atoms. The third-order valence-corrected chi connectivity index (χ3v) is 4.78. The zero-order valence-electron chi connectivity index (χ0n) is 15.7. The highest BCUT2D eigenvalue weighted by molar-refractivity contribution is 7.90. The Morgan fingerprint density at radius 3 is 2.64 bits per heavy atom. The molecule has 0 saturated carbocycles. The van der Waals surface area contributed by atoms with Gasteiger partial charge in [0.15, 0.2) is 5.82 Å². The molecule has 1 heterocycles. The lowest BCUT2D eigenvalue weighted by atomic mass is 10.1. The van der Waals surface area contributed by atoms with Crippen molar-refractivity contribution in [1.82, 2.24) is 4.98 Å². The minimum absolute atomic E-state index is 0.138. The van der Waals surface area contributed by atoms with Crippen LogP contribution in [0.4, 0.5) is 10.1 Å². The highest BCUT2D eigenvalue weighted by Gasteiger charge is 2.29. The zero-order chi connectivity index (χ0) is 21.1. The van der Waals surface area contributed by atoms with Gasteiger partial charge in [-0.1, -0.05) is 13.8 Å². The second-order valence-electron chi connectivity index (χ2n) is 6.44. The number of nitrogens with two attached hydrogens (primary N) is 1. The van der Waals surface area contributed by atoms with Crippen LogP contribution in [0.1, 0.15) is 20.3 Å². The standard InChI is InChI=1S/C17H22FN3O6S/c1-10(2)6-7-27-13-5-4-11-8-12(22)17(15(18)16(11)20-13)21(28(19,24)25)9-14(23)26-3/h4-5,8,10,22H,6-7,9H2,1-3H3,(H2,19,24,25). The summed E-state index contributed by atoms with van der Waals surface area (Å²) in [4.78, 5) is 15.6. The molecular weight excluding hydrogens is 393 g/mol. The Bertz CT molecular complexity index is 981. The SMILES string of the molecule is COC(=O)CN(c1c(O)cc2ccc(OCCC(C)C)nc2c1F)S(N)(=O)=O. The monoisotopic (exact) mass is 415 g/mol. The lowest BCUT2D eigenvalue weighted by Gasteiger charge is -2.22. The van der Waals surface area contributed by atoms with Crippen molar-refractivity contribution < 1.29 is 32.2 Å². The largest absolute Gasteiger partial charge is 0.506 e. The van der Waals surface area contributed by atoms with Crippen molar-refractivity contribution in [3.8, 4) is 11.6 Å². The van der Waals surface area contributed by atoms with Crippen LogP contribution in [-0.2, 0) is 19.7 Å². The van der Waals surface area contributed by atoms with E-state index in [4.69, 9.17) is 9.88 Å². The first kappa shape index (κ1) is 21.6. The fraction of sp³-hybridized carbons (Fsp3) is 0.412. The number of benzene rings is 1. The van der Waals surface area contributed by atoms with Gasteiger partial charge in [0.05, 0.1) is 13.7 Å². The molecule has 11 heteroatoms. The van der Waals surface area contributed by atoms with Crippen molar-refractivity contribution in [1.29, 1.82) is 0 Å². The van der Waals surface area contributed by atoms with E-state index in [1.165, 1.54) is 12.1 Å². The lowest BCUT2D eigenvalue weighted by molar-refractivity contribution is -0.138. The molecule has 0 fully saturated rings. The van der Waals surface area contributed by atoms with E-state index in [9.17, 15) is 18.3 Å². The van der Waals surface area contributed by atoms with Crippen molar-refractivity contribution in [3.05, 3.63) is 24.0 Å². The molecule has 0 atom stereocenters. The van der Waals surface area contributed by atoms with Crippen LogP contribution >= 0.6 is 0 Å². The second-order valence-corrected chi connectivity index (χ2v) is 7.91. The van der Waals surface area contributed by atoms with Gasteiger partial charge in [-0.05, 0) is 24.5 Å². The summed E-state index contributed by atoms with van der Waals surface area (Å²) in [7, 11) is -3.57. The number of phenolic OH excluding ortho intramolecular Hbond substituents is 1. The summed E-state index contributed by atoms with van der Waals surface area (Å²) in [6.45, 7) is 3.49. The Hall–Kier alpha value is -2.66. The van der Waals surface area contributed by atoms with Gasteiger partial charge in [0.2, 0.25) is 5.88 Å². The van der Waals surface area contributed by atoms with Gasteiger partial charge in [-0.15, -0.1) is 0 Å². The molecule has 0 spiro atoms. The van der Waals surface area contributed by atoms with Crippen LogP contribution < -0.4 is 14.2 Å². The van der Waals surface area contributed by atoms with E-state index in [0.717, 1.165) is 19.6 Å². The second kappa shape index (κ2) is 8.57. The van der Waals surface area contributed by atoms with Gasteiger partial charge in [0, 0.05) is 11.5 Å². The molecule has 1 aromatic heterocycles. The van der Waals surface area contributed by atoms with E-state index >= 15 is 4.39 Å². The van der Waals surface area contributed by atoms with Crippen LogP contribution in [0, 0.1) is 11.7 Å². The predicted molar refractivity (Wildman–Crippen MR) is 101 cm³/mol. The first-order chi connectivity index (χ1) is 13.0. The van der Waals surface area contributed by atoms with Crippen LogP contribution in [0.25, 0.3) is 10.9 Å². The summed E-state index contributed by atoms with van der Waals surface area (Å²) in [5.74, 6) is -2.34. The van der Waals surface area contributed by atoms with Gasteiger partial charge in [0.25, 0.3) is 10.2 Å². The Kier molecular flexibility index (Phi) is 6.62. The summed E-state index contributed by atoms with van der Waals surface area (Å²) in [5, 5.41) is 15.5. The average Bonchev–Trinajstić information content (AvgIpc) is 2.60. The van der Waals surface area contributed by atoms with E-state index in [0.29, 0.717) is 12.5 Å². The highest BCUT2D eigenvalue weighted by atomic mass is 32.2. The van der Waals surface area contributed by atoms with Crippen LogP contribution in [0.3, 0.4) is 0 Å². The van der Waals surface area contributed by atoms with Crippen molar-refractivity contribution in [2.45, 2.75) is 20.3 Å². The molecule has 0 aliphatic heterocycles. The molecule has 0 aliphatic carbocycles. The first-order valence-electron chi connectivity index (χ1n) is 8.37. The number of pyridine rings is 1. The number of ether oxygens (including phenoxy) is 2. The van der Waals surface area contributed by atoms with Gasteiger partial charge in [-0.3, -0.25) is 4.79 Å². The van der Waals surface area contributed by atoms with Gasteiger partial charge >= 0.3 is 5.97 Å². The fourth-order valence-corrected chi connectivity index (χ4v) is 3.09. The molecule has 0 amide bonds. The Morgan fingerprint density at radius 2 is 2.07 bits per heavy atom. The van der Waals surface area contributed by atoms with Crippen LogP contribution in [0.2, 0.25) is 0 Å². The third-order valence-electron chi connectivity index (χ3n) is 3.85. The van der Waals surface area contributed by atoms with E-state index < -0.39 is 40.0 Å². The van der Waals surface area contributed by atoms with Crippen molar-refractivity contribution in [3.63, 3.8) is 0 Å². The minimum atomic E-state index is -4.60. The number of carbonyl (C=O) groups excluding carboxylic acids is 1. The van der Waals surface area contributed by atoms with E-state index in [1.807, 2.05) is 13.8 Å². The summed E-state index contributed by atoms with van der Waals surface area (Å²) in [6, 6.07) is 4.10. The summed E-state index contributed by atoms with van der Waals surface area (Å²) in [6.07, 6.45) is 0.765. The zero-order valence-corrected chi connectivity index (χ0v) is 16.5. The average molecular weight is 415 g/mol. The number of nitrogens with zero attached hydrogens (tertiary/aromatic N) is 2. The van der Waals surface area contributed by atoms with Gasteiger partial charge < -0.3 is 14.6 Å². The summed E-state index contributed by atoms with van der Waals surface area (Å²) in [5.41, 5.74) is -1.04. The number of rotatable bonds is 8. The lowest BCUT2D eigenvalue weighted by Crippen LogP contribution is -2.41. The molecule has 2 rings (SSSR count). The number of methoxy groups -OCH3 is 1.